The van der Waals surface area contributed by atoms with E-state index in [1.54, 1.807) is 13.8 Å². The Bertz CT molecular complexity index is 361. The summed E-state index contributed by atoms with van der Waals surface area (Å²) in [5.41, 5.74) is -0.0451. The number of ether oxygens (including phenoxy) is 2. The SMILES string of the molecule is C=C1C(C)=CCC1(C(=O)OCC)C(=O)OCC. The van der Waals surface area contributed by atoms with Crippen LogP contribution in [-0.4, -0.2) is 25.2 Å². The van der Waals surface area contributed by atoms with Gasteiger partial charge in [-0.3, -0.25) is 9.59 Å². The minimum absolute atomic E-state index is 0.228. The minimum atomic E-state index is -1.36. The highest BCUT2D eigenvalue weighted by Gasteiger charge is 2.53. The number of carbonyl (C=O) groups is 2. The molecule has 0 spiro atoms. The number of hydrogen-bond acceptors (Lipinski definition) is 4. The Hall–Kier alpha value is -1.58. The lowest BCUT2D eigenvalue weighted by molar-refractivity contribution is -0.168. The molecule has 0 aromatic rings. The fraction of sp³-hybridized carbons (Fsp3) is 0.538. The molecule has 1 rings (SSSR count). The second-order valence-corrected chi connectivity index (χ2v) is 3.92. The largest absolute Gasteiger partial charge is 0.465 e. The highest BCUT2D eigenvalue weighted by Crippen LogP contribution is 2.43. The highest BCUT2D eigenvalue weighted by atomic mass is 16.6. The van der Waals surface area contributed by atoms with E-state index in [-0.39, 0.29) is 19.6 Å². The molecule has 4 heteroatoms. The molecule has 0 saturated carbocycles. The van der Waals surface area contributed by atoms with Crippen molar-refractivity contribution in [1.82, 2.24) is 0 Å². The molecule has 0 saturated heterocycles. The van der Waals surface area contributed by atoms with Gasteiger partial charge in [-0.05, 0) is 32.8 Å². The zero-order valence-corrected chi connectivity index (χ0v) is 10.5. The Labute approximate surface area is 101 Å². The van der Waals surface area contributed by atoms with Crippen LogP contribution >= 0.6 is 0 Å². The van der Waals surface area contributed by atoms with E-state index in [0.717, 1.165) is 5.57 Å². The van der Waals surface area contributed by atoms with Gasteiger partial charge in [0, 0.05) is 0 Å². The van der Waals surface area contributed by atoms with Crippen LogP contribution in [0, 0.1) is 5.41 Å². The summed E-state index contributed by atoms with van der Waals surface area (Å²) in [5.74, 6) is -1.15. The molecule has 0 bridgehead atoms. The van der Waals surface area contributed by atoms with E-state index in [9.17, 15) is 9.59 Å². The summed E-state index contributed by atoms with van der Waals surface area (Å²) < 4.78 is 9.96. The second kappa shape index (κ2) is 5.17. The molecule has 17 heavy (non-hydrogen) atoms. The van der Waals surface area contributed by atoms with Crippen LogP contribution < -0.4 is 0 Å². The zero-order valence-electron chi connectivity index (χ0n) is 10.5. The molecule has 0 aromatic heterocycles. The van der Waals surface area contributed by atoms with Crippen molar-refractivity contribution >= 4 is 11.9 Å². The molecule has 94 valence electrons. The molecule has 0 aromatic carbocycles. The molecule has 0 heterocycles. The molecule has 0 fully saturated rings. The van der Waals surface area contributed by atoms with E-state index in [0.29, 0.717) is 5.57 Å². The van der Waals surface area contributed by atoms with Gasteiger partial charge in [0.1, 0.15) is 0 Å². The lowest BCUT2D eigenvalue weighted by Crippen LogP contribution is -2.41. The second-order valence-electron chi connectivity index (χ2n) is 3.92. The monoisotopic (exact) mass is 238 g/mol. The lowest BCUT2D eigenvalue weighted by Gasteiger charge is -2.26. The zero-order chi connectivity index (χ0) is 13.1. The van der Waals surface area contributed by atoms with Crippen molar-refractivity contribution in [3.63, 3.8) is 0 Å². The summed E-state index contributed by atoms with van der Waals surface area (Å²) in [7, 11) is 0. The van der Waals surface area contributed by atoms with Crippen molar-refractivity contribution < 1.29 is 19.1 Å². The summed E-state index contributed by atoms with van der Waals surface area (Å²) in [4.78, 5) is 24.0. The third-order valence-electron chi connectivity index (χ3n) is 2.95. The van der Waals surface area contributed by atoms with Gasteiger partial charge in [-0.25, -0.2) is 0 Å². The fourth-order valence-electron chi connectivity index (χ4n) is 1.89. The quantitative estimate of drug-likeness (QED) is 0.555. The van der Waals surface area contributed by atoms with Gasteiger partial charge in [-0.2, -0.15) is 0 Å². The first-order valence-electron chi connectivity index (χ1n) is 5.71. The number of rotatable bonds is 4. The molecule has 1 aliphatic rings. The van der Waals surface area contributed by atoms with Crippen LogP contribution in [0.15, 0.2) is 23.8 Å². The van der Waals surface area contributed by atoms with Gasteiger partial charge >= 0.3 is 11.9 Å². The maximum Gasteiger partial charge on any atom is 0.328 e. The normalized spacial score (nSPS) is 17.6. The molecule has 4 nitrogen and oxygen atoms in total. The summed E-state index contributed by atoms with van der Waals surface area (Å²) in [5, 5.41) is 0. The van der Waals surface area contributed by atoms with E-state index < -0.39 is 17.4 Å². The summed E-state index contributed by atoms with van der Waals surface area (Å²) in [6, 6.07) is 0. The number of esters is 2. The molecule has 0 N–H and O–H groups in total. The third-order valence-corrected chi connectivity index (χ3v) is 2.95. The number of hydrogen-bond donors (Lipinski definition) is 0. The van der Waals surface area contributed by atoms with Gasteiger partial charge in [0.05, 0.1) is 13.2 Å². The summed E-state index contributed by atoms with van der Waals surface area (Å²) in [6.07, 6.45) is 2.09. The maximum absolute atomic E-state index is 12.0. The molecular weight excluding hydrogens is 220 g/mol. The maximum atomic E-state index is 12.0. The van der Waals surface area contributed by atoms with Crippen molar-refractivity contribution in [2.45, 2.75) is 27.2 Å². The van der Waals surface area contributed by atoms with Gasteiger partial charge < -0.3 is 9.47 Å². The molecule has 0 atom stereocenters. The van der Waals surface area contributed by atoms with Crippen LogP contribution in [-0.2, 0) is 19.1 Å². The van der Waals surface area contributed by atoms with E-state index in [1.807, 2.05) is 13.0 Å². The number of allylic oxidation sites excluding steroid dienone is 2. The van der Waals surface area contributed by atoms with Gasteiger partial charge in [-0.1, -0.05) is 18.2 Å². The first-order chi connectivity index (χ1) is 8.00. The van der Waals surface area contributed by atoms with Crippen molar-refractivity contribution in [1.29, 1.82) is 0 Å². The Kier molecular flexibility index (Phi) is 4.10. The van der Waals surface area contributed by atoms with Crippen molar-refractivity contribution in [3.8, 4) is 0 Å². The molecular formula is C13H18O4. The standard InChI is InChI=1S/C13H18O4/c1-5-16-11(14)13(12(15)17-6-2)8-7-9(3)10(13)4/h7H,4-6,8H2,1-3H3. The van der Waals surface area contributed by atoms with Crippen LogP contribution in [0.3, 0.4) is 0 Å². The van der Waals surface area contributed by atoms with Gasteiger partial charge in [-0.15, -0.1) is 0 Å². The predicted octanol–water partition coefficient (Wildman–Crippen LogP) is 2.01. The van der Waals surface area contributed by atoms with E-state index in [4.69, 9.17) is 9.47 Å². The average Bonchev–Trinajstić information content (AvgIpc) is 2.58. The van der Waals surface area contributed by atoms with Crippen molar-refractivity contribution in [2.24, 2.45) is 5.41 Å². The molecule has 0 aliphatic heterocycles. The topological polar surface area (TPSA) is 52.6 Å². The molecule has 0 amide bonds. The highest BCUT2D eigenvalue weighted by molar-refractivity contribution is 6.05. The average molecular weight is 238 g/mol. The minimum Gasteiger partial charge on any atom is -0.465 e. The first-order valence-corrected chi connectivity index (χ1v) is 5.71. The van der Waals surface area contributed by atoms with Gasteiger partial charge in [0.15, 0.2) is 5.41 Å². The van der Waals surface area contributed by atoms with Crippen LogP contribution in [0.2, 0.25) is 0 Å². The summed E-state index contributed by atoms with van der Waals surface area (Å²) >= 11 is 0. The molecule has 0 radical (unpaired) electrons. The molecule has 1 aliphatic carbocycles. The third kappa shape index (κ3) is 2.12. The van der Waals surface area contributed by atoms with Crippen LogP contribution in [0.25, 0.3) is 0 Å². The van der Waals surface area contributed by atoms with E-state index in [1.165, 1.54) is 0 Å². The molecule has 0 unspecified atom stereocenters. The Morgan fingerprint density at radius 3 is 2.06 bits per heavy atom. The van der Waals surface area contributed by atoms with Crippen LogP contribution in [0.4, 0.5) is 0 Å². The Balaban J connectivity index is 3.08. The van der Waals surface area contributed by atoms with Gasteiger partial charge in [0.2, 0.25) is 0 Å². The summed E-state index contributed by atoms with van der Waals surface area (Å²) in [6.45, 7) is 9.51. The van der Waals surface area contributed by atoms with E-state index >= 15 is 0 Å². The number of carbonyl (C=O) groups excluding carboxylic acids is 2. The predicted molar refractivity (Wildman–Crippen MR) is 63.2 cm³/mol. The smallest absolute Gasteiger partial charge is 0.328 e. The van der Waals surface area contributed by atoms with Crippen molar-refractivity contribution in [2.75, 3.05) is 13.2 Å². The van der Waals surface area contributed by atoms with Crippen molar-refractivity contribution in [3.05, 3.63) is 23.8 Å². The Morgan fingerprint density at radius 1 is 1.29 bits per heavy atom. The first kappa shape index (κ1) is 13.5. The fourth-order valence-corrected chi connectivity index (χ4v) is 1.89. The lowest BCUT2D eigenvalue weighted by atomic mass is 9.80. The van der Waals surface area contributed by atoms with Gasteiger partial charge in [0.25, 0.3) is 0 Å². The van der Waals surface area contributed by atoms with E-state index in [2.05, 4.69) is 6.58 Å². The van der Waals surface area contributed by atoms with Crippen LogP contribution in [0.1, 0.15) is 27.2 Å². The van der Waals surface area contributed by atoms with Crippen LogP contribution in [0.5, 0.6) is 0 Å². The Morgan fingerprint density at radius 2 is 1.76 bits per heavy atom.